The van der Waals surface area contributed by atoms with Crippen molar-refractivity contribution in [1.82, 2.24) is 14.5 Å². The first-order valence-corrected chi connectivity index (χ1v) is 21.9. The molecule has 275 valence electrons. The van der Waals surface area contributed by atoms with Crippen molar-refractivity contribution in [2.24, 2.45) is 0 Å². The van der Waals surface area contributed by atoms with E-state index >= 15 is 4.39 Å². The van der Waals surface area contributed by atoms with Gasteiger partial charge in [-0.25, -0.2) is 4.39 Å². The minimum absolute atomic E-state index is 0. The Bertz CT molecular complexity index is 2970. The van der Waals surface area contributed by atoms with Crippen molar-refractivity contribution in [3.8, 4) is 39.5 Å². The SMILES string of the molecule is C[Si](C)(C)c1ccc(-c2[c-]cccc2)nc1.Fc1cc(-c2ccccc2)c(-n2c(-c3[c-]ccc4c3oc3ccccc34)nc3ccccc32)c2ccccc12.[Ir]. The zero-order valence-corrected chi connectivity index (χ0v) is 34.4. The normalized spacial score (nSPS) is 11.4. The molecule has 4 nitrogen and oxygen atoms in total. The Morgan fingerprint density at radius 1 is 0.661 bits per heavy atom. The topological polar surface area (TPSA) is 43.9 Å². The molecule has 0 fully saturated rings. The number of para-hydroxylation sites is 3. The molecule has 7 aromatic carbocycles. The molecule has 0 atom stereocenters. The van der Waals surface area contributed by atoms with Crippen LogP contribution in [0.2, 0.25) is 19.6 Å². The predicted octanol–water partition coefficient (Wildman–Crippen LogP) is 12.4. The van der Waals surface area contributed by atoms with Gasteiger partial charge in [-0.2, -0.15) is 0 Å². The third-order valence-corrected chi connectivity index (χ3v) is 12.0. The van der Waals surface area contributed by atoms with E-state index < -0.39 is 8.07 Å². The molecular formula is C49H36FIrN3OSi-2. The van der Waals surface area contributed by atoms with Crippen LogP contribution in [0, 0.1) is 17.9 Å². The van der Waals surface area contributed by atoms with Crippen LogP contribution in [0.15, 0.2) is 168 Å². The number of hydrogen-bond acceptors (Lipinski definition) is 3. The van der Waals surface area contributed by atoms with E-state index in [0.717, 1.165) is 72.0 Å². The fourth-order valence-corrected chi connectivity index (χ4v) is 8.26. The van der Waals surface area contributed by atoms with Gasteiger partial charge in [-0.05, 0) is 40.7 Å². The molecule has 0 bridgehead atoms. The molecule has 7 heteroatoms. The van der Waals surface area contributed by atoms with Crippen molar-refractivity contribution in [2.75, 3.05) is 0 Å². The maximum absolute atomic E-state index is 15.6. The monoisotopic (exact) mass is 922 g/mol. The van der Waals surface area contributed by atoms with Crippen LogP contribution < -0.4 is 5.19 Å². The maximum atomic E-state index is 15.6. The van der Waals surface area contributed by atoms with Crippen molar-refractivity contribution >= 4 is 57.0 Å². The number of benzene rings is 7. The van der Waals surface area contributed by atoms with Crippen molar-refractivity contribution in [1.29, 1.82) is 0 Å². The van der Waals surface area contributed by atoms with E-state index in [0.29, 0.717) is 11.2 Å². The summed E-state index contributed by atoms with van der Waals surface area (Å²) in [7, 11) is -1.23. The number of halogens is 1. The van der Waals surface area contributed by atoms with Gasteiger partial charge >= 0.3 is 0 Å². The second-order valence-corrected chi connectivity index (χ2v) is 19.7. The summed E-state index contributed by atoms with van der Waals surface area (Å²) in [6, 6.07) is 58.1. The first-order chi connectivity index (χ1) is 26.8. The minimum Gasteiger partial charge on any atom is -0.501 e. The first kappa shape index (κ1) is 37.0. The summed E-state index contributed by atoms with van der Waals surface area (Å²) in [6.45, 7) is 7.00. The number of nitrogens with zero attached hydrogens (tertiary/aromatic N) is 3. The Balaban J connectivity index is 0.000000219. The Morgan fingerprint density at radius 2 is 1.38 bits per heavy atom. The summed E-state index contributed by atoms with van der Waals surface area (Å²) < 4.78 is 24.1. The molecule has 10 rings (SSSR count). The average molecular weight is 922 g/mol. The molecule has 10 aromatic rings. The first-order valence-electron chi connectivity index (χ1n) is 18.4. The van der Waals surface area contributed by atoms with Crippen LogP contribution in [0.3, 0.4) is 0 Å². The number of fused-ring (bicyclic) bond motifs is 5. The fraction of sp³-hybridized carbons (Fsp3) is 0.0612. The minimum atomic E-state index is -1.23. The van der Waals surface area contributed by atoms with Gasteiger partial charge in [-0.3, -0.25) is 4.98 Å². The Kier molecular flexibility index (Phi) is 10.1. The average Bonchev–Trinajstić information content (AvgIpc) is 3.80. The third-order valence-electron chi connectivity index (χ3n) is 10.0. The molecule has 0 aliphatic carbocycles. The number of furan rings is 1. The molecule has 1 radical (unpaired) electrons. The molecular weight excluding hydrogens is 886 g/mol. The van der Waals surface area contributed by atoms with Crippen LogP contribution in [-0.4, -0.2) is 22.6 Å². The Morgan fingerprint density at radius 3 is 2.12 bits per heavy atom. The zero-order chi connectivity index (χ0) is 37.5. The number of aromatic nitrogens is 3. The molecule has 0 amide bonds. The molecule has 0 saturated heterocycles. The van der Waals surface area contributed by atoms with Gasteiger partial charge < -0.3 is 14.0 Å². The van der Waals surface area contributed by atoms with Crippen LogP contribution >= 0.6 is 0 Å². The van der Waals surface area contributed by atoms with Crippen molar-refractivity contribution in [2.45, 2.75) is 19.6 Å². The quantitative estimate of drug-likeness (QED) is 0.128. The second kappa shape index (κ2) is 15.3. The van der Waals surface area contributed by atoms with Crippen LogP contribution in [0.5, 0.6) is 0 Å². The summed E-state index contributed by atoms with van der Waals surface area (Å²) in [5.41, 5.74) is 8.68. The van der Waals surface area contributed by atoms with Gasteiger partial charge in [0.05, 0.1) is 36.2 Å². The van der Waals surface area contributed by atoms with E-state index in [1.807, 2.05) is 134 Å². The predicted molar refractivity (Wildman–Crippen MR) is 227 cm³/mol. The zero-order valence-electron chi connectivity index (χ0n) is 31.0. The van der Waals surface area contributed by atoms with Gasteiger partial charge in [0.1, 0.15) is 11.4 Å². The van der Waals surface area contributed by atoms with Gasteiger partial charge in [0.15, 0.2) is 0 Å². The number of hydrogen-bond donors (Lipinski definition) is 0. The molecule has 0 spiro atoms. The van der Waals surface area contributed by atoms with Gasteiger partial charge in [-0.1, -0.05) is 128 Å². The third kappa shape index (κ3) is 6.79. The summed E-state index contributed by atoms with van der Waals surface area (Å²) in [6.07, 6.45) is 2.02. The summed E-state index contributed by atoms with van der Waals surface area (Å²) in [5.74, 6) is 0.430. The van der Waals surface area contributed by atoms with E-state index in [1.54, 1.807) is 6.07 Å². The second-order valence-electron chi connectivity index (χ2n) is 14.6. The van der Waals surface area contributed by atoms with Crippen LogP contribution in [0.4, 0.5) is 4.39 Å². The summed E-state index contributed by atoms with van der Waals surface area (Å²) in [5, 5.41) is 4.80. The number of imidazole rings is 1. The standard InChI is InChI=1S/C35H20FN2O.C14H16NSi.Ir/c36-29-21-28(22-11-2-1-3-12-22)33(25-15-5-4-13-23(25)29)38-31-19-8-7-18-30(31)37-35(38)27-17-10-16-26-24-14-6-9-20-32(24)39-34(26)27;1-16(2,3)13-9-10-14(15-11-13)12-7-5-4-6-8-12;/h1-16,18-21H;4-7,9-11H,1-3H3;/q2*-1;. The molecule has 0 unspecified atom stereocenters. The molecule has 0 saturated carbocycles. The van der Waals surface area contributed by atoms with E-state index in [-0.39, 0.29) is 25.9 Å². The van der Waals surface area contributed by atoms with E-state index in [9.17, 15) is 0 Å². The van der Waals surface area contributed by atoms with Gasteiger partial charge in [0, 0.05) is 48.0 Å². The molecule has 0 aliphatic heterocycles. The van der Waals surface area contributed by atoms with E-state index in [2.05, 4.69) is 65.6 Å². The summed E-state index contributed by atoms with van der Waals surface area (Å²) >= 11 is 0. The molecule has 0 N–H and O–H groups in total. The fourth-order valence-electron chi connectivity index (χ4n) is 7.22. The smallest absolute Gasteiger partial charge is 0.131 e. The van der Waals surface area contributed by atoms with E-state index in [4.69, 9.17) is 9.40 Å². The van der Waals surface area contributed by atoms with Crippen LogP contribution in [0.25, 0.3) is 83.2 Å². The molecule has 3 aromatic heterocycles. The molecule has 56 heavy (non-hydrogen) atoms. The van der Waals surface area contributed by atoms with Gasteiger partial charge in [-0.15, -0.1) is 54.1 Å². The van der Waals surface area contributed by atoms with Crippen molar-refractivity contribution in [3.63, 3.8) is 0 Å². The largest absolute Gasteiger partial charge is 0.501 e. The molecule has 0 aliphatic rings. The van der Waals surface area contributed by atoms with E-state index in [1.165, 1.54) is 5.19 Å². The number of pyridine rings is 1. The maximum Gasteiger partial charge on any atom is 0.131 e. The summed E-state index contributed by atoms with van der Waals surface area (Å²) in [4.78, 5) is 9.64. The Labute approximate surface area is 339 Å². The van der Waals surface area contributed by atoms with Crippen LogP contribution in [0.1, 0.15) is 0 Å². The van der Waals surface area contributed by atoms with Crippen LogP contribution in [-0.2, 0) is 20.1 Å². The van der Waals surface area contributed by atoms with Crippen molar-refractivity contribution in [3.05, 3.63) is 182 Å². The molecule has 3 heterocycles. The van der Waals surface area contributed by atoms with Gasteiger partial charge in [0.25, 0.3) is 0 Å². The van der Waals surface area contributed by atoms with Gasteiger partial charge in [0.2, 0.25) is 0 Å². The Hall–Kier alpha value is -5.98. The number of rotatable bonds is 5. The van der Waals surface area contributed by atoms with Crippen molar-refractivity contribution < 1.29 is 28.9 Å².